The highest BCUT2D eigenvalue weighted by Gasteiger charge is 2.32. The quantitative estimate of drug-likeness (QED) is 0.798. The Balaban J connectivity index is 1.82. The maximum Gasteiger partial charge on any atom is 0.0123 e. The Hall–Kier alpha value is -0.0800. The van der Waals surface area contributed by atoms with Gasteiger partial charge in [0.25, 0.3) is 0 Å². The second-order valence-corrected chi connectivity index (χ2v) is 6.09. The highest BCUT2D eigenvalue weighted by atomic mass is 15.2. The molecule has 0 aromatic rings. The summed E-state index contributed by atoms with van der Waals surface area (Å²) >= 11 is 0. The maximum atomic E-state index is 5.81. The van der Waals surface area contributed by atoms with Gasteiger partial charge in [0.05, 0.1) is 0 Å². The highest BCUT2D eigenvalue weighted by molar-refractivity contribution is 4.87. The van der Waals surface area contributed by atoms with Gasteiger partial charge >= 0.3 is 0 Å². The van der Waals surface area contributed by atoms with Crippen molar-refractivity contribution in [1.82, 2.24) is 4.90 Å². The van der Waals surface area contributed by atoms with E-state index in [0.29, 0.717) is 0 Å². The van der Waals surface area contributed by atoms with Crippen molar-refractivity contribution in [1.29, 1.82) is 0 Å². The number of hydrogen-bond donors (Lipinski definition) is 1. The molecule has 1 unspecified atom stereocenters. The van der Waals surface area contributed by atoms with Gasteiger partial charge in [-0.05, 0) is 63.6 Å². The molecule has 0 aromatic carbocycles. The third kappa shape index (κ3) is 3.45. The van der Waals surface area contributed by atoms with E-state index >= 15 is 0 Å². The molecule has 1 saturated carbocycles. The molecule has 2 nitrogen and oxygen atoms in total. The van der Waals surface area contributed by atoms with Crippen LogP contribution in [0, 0.1) is 11.8 Å². The van der Waals surface area contributed by atoms with Crippen LogP contribution in [0.2, 0.25) is 0 Å². The first-order valence-corrected chi connectivity index (χ1v) is 7.79. The van der Waals surface area contributed by atoms with E-state index in [9.17, 15) is 0 Å². The summed E-state index contributed by atoms with van der Waals surface area (Å²) in [6, 6.07) is 0.924. The first-order chi connectivity index (χ1) is 8.35. The van der Waals surface area contributed by atoms with Crippen LogP contribution < -0.4 is 5.73 Å². The molecule has 3 atom stereocenters. The van der Waals surface area contributed by atoms with Gasteiger partial charge in [0.15, 0.2) is 0 Å². The van der Waals surface area contributed by atoms with Gasteiger partial charge in [-0.1, -0.05) is 26.2 Å². The lowest BCUT2D eigenvalue weighted by molar-refractivity contribution is 0.0564. The number of nitrogens with zero attached hydrogens (tertiary/aromatic N) is 1. The summed E-state index contributed by atoms with van der Waals surface area (Å²) in [6.45, 7) is 5.80. The summed E-state index contributed by atoms with van der Waals surface area (Å²) in [5.41, 5.74) is 5.81. The molecule has 2 rings (SSSR count). The molecular formula is C15H30N2. The van der Waals surface area contributed by atoms with E-state index in [0.717, 1.165) is 24.4 Å². The first kappa shape index (κ1) is 13.4. The number of hydrogen-bond acceptors (Lipinski definition) is 2. The van der Waals surface area contributed by atoms with Crippen molar-refractivity contribution in [2.75, 3.05) is 19.6 Å². The van der Waals surface area contributed by atoms with Gasteiger partial charge < -0.3 is 10.6 Å². The molecule has 0 spiro atoms. The first-order valence-electron chi connectivity index (χ1n) is 7.79. The lowest BCUT2D eigenvalue weighted by Crippen LogP contribution is -2.47. The normalized spacial score (nSPS) is 32.1. The van der Waals surface area contributed by atoms with Crippen molar-refractivity contribution >= 4 is 0 Å². The minimum absolute atomic E-state index is 0.749. The number of rotatable bonds is 5. The zero-order valence-corrected chi connectivity index (χ0v) is 11.5. The van der Waals surface area contributed by atoms with Gasteiger partial charge in [0.2, 0.25) is 0 Å². The number of piperidine rings is 1. The van der Waals surface area contributed by atoms with Crippen molar-refractivity contribution in [3.63, 3.8) is 0 Å². The van der Waals surface area contributed by atoms with Crippen LogP contribution in [0.4, 0.5) is 0 Å². The molecule has 17 heavy (non-hydrogen) atoms. The van der Waals surface area contributed by atoms with E-state index in [-0.39, 0.29) is 0 Å². The molecule has 0 amide bonds. The molecule has 2 aliphatic rings. The van der Waals surface area contributed by atoms with Gasteiger partial charge in [-0.3, -0.25) is 0 Å². The Morgan fingerprint density at radius 2 is 1.94 bits per heavy atom. The van der Waals surface area contributed by atoms with Crippen molar-refractivity contribution < 1.29 is 0 Å². The molecule has 0 bridgehead atoms. The van der Waals surface area contributed by atoms with Crippen LogP contribution in [-0.4, -0.2) is 30.6 Å². The van der Waals surface area contributed by atoms with Gasteiger partial charge in [-0.15, -0.1) is 0 Å². The smallest absolute Gasteiger partial charge is 0.0123 e. The van der Waals surface area contributed by atoms with Crippen molar-refractivity contribution in [2.45, 2.75) is 64.3 Å². The molecule has 2 fully saturated rings. The van der Waals surface area contributed by atoms with Crippen LogP contribution in [-0.2, 0) is 0 Å². The van der Waals surface area contributed by atoms with E-state index in [2.05, 4.69) is 11.8 Å². The molecule has 0 aromatic heterocycles. The minimum atomic E-state index is 0.749. The van der Waals surface area contributed by atoms with Crippen molar-refractivity contribution in [2.24, 2.45) is 17.6 Å². The fraction of sp³-hybridized carbons (Fsp3) is 1.00. The summed E-state index contributed by atoms with van der Waals surface area (Å²) in [5.74, 6) is 1.77. The van der Waals surface area contributed by atoms with Crippen LogP contribution >= 0.6 is 0 Å². The van der Waals surface area contributed by atoms with Crippen LogP contribution in [0.15, 0.2) is 0 Å². The molecule has 1 aliphatic heterocycles. The summed E-state index contributed by atoms with van der Waals surface area (Å²) in [4.78, 5) is 2.80. The van der Waals surface area contributed by atoms with Crippen LogP contribution in [0.25, 0.3) is 0 Å². The van der Waals surface area contributed by atoms with E-state index in [1.807, 2.05) is 0 Å². The van der Waals surface area contributed by atoms with E-state index in [1.54, 1.807) is 0 Å². The van der Waals surface area contributed by atoms with E-state index in [1.165, 1.54) is 64.5 Å². The Labute approximate surface area is 107 Å². The molecule has 1 aliphatic carbocycles. The van der Waals surface area contributed by atoms with E-state index < -0.39 is 0 Å². The molecule has 1 saturated heterocycles. The summed E-state index contributed by atoms with van der Waals surface area (Å²) in [6.07, 6.45) is 11.4. The zero-order valence-electron chi connectivity index (χ0n) is 11.5. The second-order valence-electron chi connectivity index (χ2n) is 6.09. The number of fused-ring (bicyclic) bond motifs is 1. The topological polar surface area (TPSA) is 29.3 Å². The molecule has 2 N–H and O–H groups in total. The Morgan fingerprint density at radius 1 is 1.18 bits per heavy atom. The summed E-state index contributed by atoms with van der Waals surface area (Å²) in [5, 5.41) is 0. The second kappa shape index (κ2) is 6.75. The highest BCUT2D eigenvalue weighted by Crippen LogP contribution is 2.35. The minimum Gasteiger partial charge on any atom is -0.330 e. The number of likely N-dealkylation sites (tertiary alicyclic amines) is 1. The lowest BCUT2D eigenvalue weighted by Gasteiger charge is -2.44. The summed E-state index contributed by atoms with van der Waals surface area (Å²) < 4.78 is 0. The summed E-state index contributed by atoms with van der Waals surface area (Å²) in [7, 11) is 0. The van der Waals surface area contributed by atoms with Crippen LogP contribution in [0.5, 0.6) is 0 Å². The van der Waals surface area contributed by atoms with Crippen LogP contribution in [0.1, 0.15) is 58.3 Å². The van der Waals surface area contributed by atoms with E-state index in [4.69, 9.17) is 5.73 Å². The average molecular weight is 238 g/mol. The molecule has 1 heterocycles. The van der Waals surface area contributed by atoms with Gasteiger partial charge in [0, 0.05) is 6.04 Å². The fourth-order valence-corrected chi connectivity index (χ4v) is 3.84. The van der Waals surface area contributed by atoms with Crippen molar-refractivity contribution in [3.8, 4) is 0 Å². The van der Waals surface area contributed by atoms with Gasteiger partial charge in [0.1, 0.15) is 0 Å². The Bertz CT molecular complexity index is 211. The predicted molar refractivity (Wildman–Crippen MR) is 74.0 cm³/mol. The SMILES string of the molecule is CCC(CN)CCN1CCC[C@H]2CCCC[C@H]21. The van der Waals surface area contributed by atoms with Gasteiger partial charge in [-0.2, -0.15) is 0 Å². The van der Waals surface area contributed by atoms with Crippen molar-refractivity contribution in [3.05, 3.63) is 0 Å². The molecule has 2 heteroatoms. The molecule has 100 valence electrons. The molecule has 0 radical (unpaired) electrons. The Kier molecular flexibility index (Phi) is 5.30. The van der Waals surface area contributed by atoms with Crippen LogP contribution in [0.3, 0.4) is 0 Å². The zero-order chi connectivity index (χ0) is 12.1. The molecular weight excluding hydrogens is 208 g/mol. The maximum absolute atomic E-state index is 5.81. The third-order valence-electron chi connectivity index (χ3n) is 5.09. The Morgan fingerprint density at radius 3 is 2.71 bits per heavy atom. The fourth-order valence-electron chi connectivity index (χ4n) is 3.84. The number of nitrogens with two attached hydrogens (primary N) is 1. The third-order valence-corrected chi connectivity index (χ3v) is 5.09. The standard InChI is InChI=1S/C15H30N2/c1-2-13(12-16)9-11-17-10-5-7-14-6-3-4-8-15(14)17/h13-15H,2-12,16H2,1H3/t13?,14-,15-/m1/s1. The van der Waals surface area contributed by atoms with Gasteiger partial charge in [-0.25, -0.2) is 0 Å². The average Bonchev–Trinajstić information content (AvgIpc) is 2.40. The lowest BCUT2D eigenvalue weighted by atomic mass is 9.78. The monoisotopic (exact) mass is 238 g/mol. The predicted octanol–water partition coefficient (Wildman–Crippen LogP) is 3.02. The largest absolute Gasteiger partial charge is 0.330 e.